The first-order chi connectivity index (χ1) is 8.00. The van der Waals surface area contributed by atoms with Crippen molar-refractivity contribution in [2.75, 3.05) is 18.8 Å². The third-order valence-electron chi connectivity index (χ3n) is 1.94. The third-order valence-corrected chi connectivity index (χ3v) is 2.27. The summed E-state index contributed by atoms with van der Waals surface area (Å²) in [5.74, 6) is -0.353. The maximum atomic E-state index is 11.7. The molecule has 1 aromatic rings. The van der Waals surface area contributed by atoms with Crippen LogP contribution in [0.1, 0.15) is 10.4 Å². The predicted octanol–water partition coefficient (Wildman–Crippen LogP) is 0.320. The van der Waals surface area contributed by atoms with E-state index in [-0.39, 0.29) is 19.0 Å². The van der Waals surface area contributed by atoms with Gasteiger partial charge in [0.2, 0.25) is 0 Å². The van der Waals surface area contributed by atoms with Gasteiger partial charge in [0.15, 0.2) is 0 Å². The molecular weight excluding hydrogens is 244 g/mol. The number of anilines is 1. The number of hydrogen-bond acceptors (Lipinski definition) is 3. The first kappa shape index (κ1) is 13.1. The molecule has 0 spiro atoms. The second kappa shape index (κ2) is 5.95. The van der Waals surface area contributed by atoms with E-state index in [0.29, 0.717) is 16.3 Å². The number of nitrogen functional groups attached to an aromatic ring is 1. The van der Waals surface area contributed by atoms with Crippen molar-refractivity contribution in [3.63, 3.8) is 0 Å². The van der Waals surface area contributed by atoms with Gasteiger partial charge >= 0.3 is 6.03 Å². The van der Waals surface area contributed by atoms with Crippen LogP contribution in [0.5, 0.6) is 0 Å². The second-order valence-electron chi connectivity index (χ2n) is 3.29. The van der Waals surface area contributed by atoms with E-state index >= 15 is 0 Å². The van der Waals surface area contributed by atoms with Crippen molar-refractivity contribution in [3.8, 4) is 0 Å². The molecular formula is C10H13ClN4O2. The molecule has 0 aliphatic carbocycles. The van der Waals surface area contributed by atoms with E-state index in [1.54, 1.807) is 12.1 Å². The Bertz CT molecular complexity index is 436. The van der Waals surface area contributed by atoms with Crippen LogP contribution in [-0.2, 0) is 0 Å². The quantitative estimate of drug-likeness (QED) is 0.460. The Morgan fingerprint density at radius 2 is 1.88 bits per heavy atom. The number of carbonyl (C=O) groups excluding carboxylic acids is 2. The van der Waals surface area contributed by atoms with Crippen LogP contribution in [0.2, 0.25) is 5.02 Å². The summed E-state index contributed by atoms with van der Waals surface area (Å²) in [7, 11) is 0. The van der Waals surface area contributed by atoms with Crippen LogP contribution in [0.4, 0.5) is 10.5 Å². The van der Waals surface area contributed by atoms with Gasteiger partial charge in [0.05, 0.1) is 10.6 Å². The smallest absolute Gasteiger partial charge is 0.312 e. The molecule has 0 bridgehead atoms. The maximum Gasteiger partial charge on any atom is 0.312 e. The molecule has 1 aromatic carbocycles. The third kappa shape index (κ3) is 4.20. The van der Waals surface area contributed by atoms with Gasteiger partial charge in [0.1, 0.15) is 0 Å². The van der Waals surface area contributed by atoms with Crippen molar-refractivity contribution in [1.82, 2.24) is 10.6 Å². The first-order valence-corrected chi connectivity index (χ1v) is 5.25. The maximum absolute atomic E-state index is 11.7. The summed E-state index contributed by atoms with van der Waals surface area (Å²) in [6.07, 6.45) is 0. The zero-order valence-electron chi connectivity index (χ0n) is 9.00. The number of rotatable bonds is 4. The standard InChI is InChI=1S/C10H13ClN4O2/c11-8-2-1-6(12)5-7(8)9(16)14-3-4-15-10(13)17/h1-2,5H,3-4,12H2,(H,14,16)(H3,13,15,17). The molecule has 0 aliphatic rings. The molecule has 7 heteroatoms. The summed E-state index contributed by atoms with van der Waals surface area (Å²) in [5.41, 5.74) is 11.2. The van der Waals surface area contributed by atoms with E-state index in [1.807, 2.05) is 0 Å². The fourth-order valence-corrected chi connectivity index (χ4v) is 1.38. The summed E-state index contributed by atoms with van der Waals surface area (Å²) >= 11 is 5.85. The Morgan fingerprint density at radius 3 is 2.53 bits per heavy atom. The molecule has 0 fully saturated rings. The topological polar surface area (TPSA) is 110 Å². The lowest BCUT2D eigenvalue weighted by Crippen LogP contribution is -2.37. The number of nitrogens with one attached hydrogen (secondary N) is 2. The van der Waals surface area contributed by atoms with Crippen LogP contribution in [0.25, 0.3) is 0 Å². The number of nitrogens with two attached hydrogens (primary N) is 2. The van der Waals surface area contributed by atoms with E-state index in [2.05, 4.69) is 10.6 Å². The van der Waals surface area contributed by atoms with E-state index in [9.17, 15) is 9.59 Å². The zero-order valence-corrected chi connectivity index (χ0v) is 9.75. The minimum Gasteiger partial charge on any atom is -0.399 e. The Balaban J connectivity index is 2.52. The van der Waals surface area contributed by atoms with Crippen molar-refractivity contribution < 1.29 is 9.59 Å². The zero-order chi connectivity index (χ0) is 12.8. The van der Waals surface area contributed by atoms with Gasteiger partial charge < -0.3 is 22.1 Å². The molecule has 3 amide bonds. The van der Waals surface area contributed by atoms with Crippen LogP contribution in [0, 0.1) is 0 Å². The molecule has 0 atom stereocenters. The van der Waals surface area contributed by atoms with Crippen LogP contribution >= 0.6 is 11.6 Å². The SMILES string of the molecule is NC(=O)NCCNC(=O)c1cc(N)ccc1Cl. The number of primary amides is 1. The number of urea groups is 1. The second-order valence-corrected chi connectivity index (χ2v) is 3.69. The van der Waals surface area contributed by atoms with Crippen molar-refractivity contribution in [3.05, 3.63) is 28.8 Å². The van der Waals surface area contributed by atoms with Gasteiger partial charge in [-0.1, -0.05) is 11.6 Å². The number of hydrogen-bond donors (Lipinski definition) is 4. The van der Waals surface area contributed by atoms with E-state index in [4.69, 9.17) is 23.1 Å². The van der Waals surface area contributed by atoms with Crippen molar-refractivity contribution in [2.45, 2.75) is 0 Å². The van der Waals surface area contributed by atoms with Gasteiger partial charge in [-0.2, -0.15) is 0 Å². The van der Waals surface area contributed by atoms with Crippen LogP contribution in [0.15, 0.2) is 18.2 Å². The van der Waals surface area contributed by atoms with E-state index in [1.165, 1.54) is 6.07 Å². The number of carbonyl (C=O) groups is 2. The number of amides is 3. The molecule has 0 saturated heterocycles. The Hall–Kier alpha value is -1.95. The number of benzene rings is 1. The van der Waals surface area contributed by atoms with E-state index in [0.717, 1.165) is 0 Å². The normalized spacial score (nSPS) is 9.71. The molecule has 0 radical (unpaired) electrons. The lowest BCUT2D eigenvalue weighted by atomic mass is 10.2. The molecule has 92 valence electrons. The van der Waals surface area contributed by atoms with Crippen LogP contribution in [-0.4, -0.2) is 25.0 Å². The summed E-state index contributed by atoms with van der Waals surface area (Å²) in [4.78, 5) is 22.0. The molecule has 0 saturated carbocycles. The molecule has 6 nitrogen and oxygen atoms in total. The molecule has 6 N–H and O–H groups in total. The molecule has 0 unspecified atom stereocenters. The minimum atomic E-state index is -0.638. The summed E-state index contributed by atoms with van der Waals surface area (Å²) in [5, 5.41) is 5.24. The minimum absolute atomic E-state index is 0.251. The highest BCUT2D eigenvalue weighted by Crippen LogP contribution is 2.18. The first-order valence-electron chi connectivity index (χ1n) is 4.87. The van der Waals surface area contributed by atoms with Gasteiger partial charge in [-0.05, 0) is 18.2 Å². The van der Waals surface area contributed by atoms with Crippen molar-refractivity contribution in [1.29, 1.82) is 0 Å². The summed E-state index contributed by atoms with van der Waals surface area (Å²) in [6, 6.07) is 4.00. The predicted molar refractivity (Wildman–Crippen MR) is 65.8 cm³/mol. The van der Waals surface area contributed by atoms with Crippen molar-refractivity contribution in [2.24, 2.45) is 5.73 Å². The highest BCUT2D eigenvalue weighted by Gasteiger charge is 2.09. The molecule has 0 aliphatic heterocycles. The van der Waals surface area contributed by atoms with Gasteiger partial charge in [0.25, 0.3) is 5.91 Å². The fourth-order valence-electron chi connectivity index (χ4n) is 1.17. The van der Waals surface area contributed by atoms with Crippen LogP contribution < -0.4 is 22.1 Å². The molecule has 0 heterocycles. The largest absolute Gasteiger partial charge is 0.399 e. The average molecular weight is 257 g/mol. The molecule has 0 aromatic heterocycles. The van der Waals surface area contributed by atoms with Gasteiger partial charge in [-0.15, -0.1) is 0 Å². The monoisotopic (exact) mass is 256 g/mol. The van der Waals surface area contributed by atoms with Gasteiger partial charge in [-0.3, -0.25) is 4.79 Å². The highest BCUT2D eigenvalue weighted by atomic mass is 35.5. The average Bonchev–Trinajstić information content (AvgIpc) is 2.27. The Kier molecular flexibility index (Phi) is 4.59. The molecule has 1 rings (SSSR count). The Morgan fingerprint density at radius 1 is 1.24 bits per heavy atom. The lowest BCUT2D eigenvalue weighted by Gasteiger charge is -2.07. The lowest BCUT2D eigenvalue weighted by molar-refractivity contribution is 0.0954. The highest BCUT2D eigenvalue weighted by molar-refractivity contribution is 6.34. The van der Waals surface area contributed by atoms with Crippen molar-refractivity contribution >= 4 is 29.2 Å². The summed E-state index contributed by atoms with van der Waals surface area (Å²) < 4.78 is 0. The van der Waals surface area contributed by atoms with Crippen LogP contribution in [0.3, 0.4) is 0 Å². The number of halogens is 1. The Labute approximate surface area is 103 Å². The molecule has 17 heavy (non-hydrogen) atoms. The fraction of sp³-hybridized carbons (Fsp3) is 0.200. The summed E-state index contributed by atoms with van der Waals surface area (Å²) in [6.45, 7) is 0.508. The van der Waals surface area contributed by atoms with Gasteiger partial charge in [0, 0.05) is 18.8 Å². The van der Waals surface area contributed by atoms with Gasteiger partial charge in [-0.25, -0.2) is 4.79 Å². The van der Waals surface area contributed by atoms with E-state index < -0.39 is 6.03 Å².